The monoisotopic (exact) mass is 340 g/mol. The molecule has 1 fully saturated rings. The van der Waals surface area contributed by atoms with Gasteiger partial charge >= 0.3 is 6.03 Å². The topological polar surface area (TPSA) is 84.5 Å². The molecule has 0 saturated carbocycles. The van der Waals surface area contributed by atoms with Crippen LogP contribution in [-0.4, -0.2) is 39.6 Å². The van der Waals surface area contributed by atoms with Gasteiger partial charge in [-0.3, -0.25) is 0 Å². The predicted molar refractivity (Wildman–Crippen MR) is 89.3 cm³/mol. The number of carbonyl (C=O) groups excluding carboxylic acids is 1. The summed E-state index contributed by atoms with van der Waals surface area (Å²) in [6.45, 7) is 2.37. The van der Waals surface area contributed by atoms with Crippen molar-refractivity contribution in [1.29, 1.82) is 0 Å². The summed E-state index contributed by atoms with van der Waals surface area (Å²) in [5, 5.41) is 5.70. The molecule has 1 heterocycles. The molecular weight excluding hydrogens is 316 g/mol. The maximum absolute atomic E-state index is 12.1. The number of nitrogens with one attached hydrogen (secondary N) is 2. The van der Waals surface area contributed by atoms with Crippen LogP contribution in [0.2, 0.25) is 0 Å². The van der Waals surface area contributed by atoms with Crippen molar-refractivity contribution in [1.82, 2.24) is 10.6 Å². The number of rotatable bonds is 6. The minimum absolute atomic E-state index is 0.0112. The Morgan fingerprint density at radius 3 is 2.74 bits per heavy atom. The van der Waals surface area contributed by atoms with Crippen LogP contribution in [0.15, 0.2) is 24.3 Å². The lowest BCUT2D eigenvalue weighted by Crippen LogP contribution is -2.40. The first-order chi connectivity index (χ1) is 10.9. The molecule has 2 rings (SSSR count). The zero-order chi connectivity index (χ0) is 16.9. The smallest absolute Gasteiger partial charge is 0.315 e. The first kappa shape index (κ1) is 17.6. The second-order valence-electron chi connectivity index (χ2n) is 5.83. The van der Waals surface area contributed by atoms with Crippen LogP contribution in [0.4, 0.5) is 4.79 Å². The van der Waals surface area contributed by atoms with Gasteiger partial charge in [0.15, 0.2) is 9.84 Å². The van der Waals surface area contributed by atoms with Gasteiger partial charge in [-0.1, -0.05) is 25.1 Å². The molecule has 128 valence electrons. The van der Waals surface area contributed by atoms with Gasteiger partial charge in [0.1, 0.15) is 5.75 Å². The molecule has 0 radical (unpaired) electrons. The molecule has 1 aromatic carbocycles. The van der Waals surface area contributed by atoms with Crippen molar-refractivity contribution in [3.05, 3.63) is 29.8 Å². The van der Waals surface area contributed by atoms with E-state index in [1.807, 2.05) is 31.2 Å². The Morgan fingerprint density at radius 2 is 2.13 bits per heavy atom. The number of amides is 2. The van der Waals surface area contributed by atoms with Gasteiger partial charge in [-0.25, -0.2) is 13.2 Å². The van der Waals surface area contributed by atoms with Gasteiger partial charge in [0.2, 0.25) is 0 Å². The highest BCUT2D eigenvalue weighted by Crippen LogP contribution is 2.26. The Kier molecular flexibility index (Phi) is 5.87. The van der Waals surface area contributed by atoms with E-state index in [0.29, 0.717) is 13.0 Å². The van der Waals surface area contributed by atoms with E-state index in [-0.39, 0.29) is 29.5 Å². The molecule has 0 bridgehead atoms. The average molecular weight is 340 g/mol. The Morgan fingerprint density at radius 1 is 1.39 bits per heavy atom. The number of ether oxygens (including phenoxy) is 1. The standard InChI is InChI=1S/C16H24N2O4S/c1-3-14(13-6-4-5-7-15(13)22-2)18-16(19)17-10-12-8-9-23(20,21)11-12/h4-7,12,14H,3,8-11H2,1-2H3,(H2,17,18,19)/t12-,14+/m1/s1. The largest absolute Gasteiger partial charge is 0.496 e. The van der Waals surface area contributed by atoms with E-state index in [9.17, 15) is 13.2 Å². The van der Waals surface area contributed by atoms with Gasteiger partial charge in [0, 0.05) is 12.1 Å². The quantitative estimate of drug-likeness (QED) is 0.828. The number of benzene rings is 1. The first-order valence-corrected chi connectivity index (χ1v) is 9.65. The molecule has 23 heavy (non-hydrogen) atoms. The normalized spacial score (nSPS) is 20.7. The van der Waals surface area contributed by atoms with Crippen molar-refractivity contribution >= 4 is 15.9 Å². The minimum atomic E-state index is -2.91. The maximum Gasteiger partial charge on any atom is 0.315 e. The minimum Gasteiger partial charge on any atom is -0.496 e. The third kappa shape index (κ3) is 4.86. The summed E-state index contributed by atoms with van der Waals surface area (Å²) in [6, 6.07) is 7.14. The number of sulfone groups is 1. The molecule has 2 amide bonds. The number of methoxy groups -OCH3 is 1. The third-order valence-corrected chi connectivity index (χ3v) is 5.94. The van der Waals surface area contributed by atoms with Gasteiger partial charge < -0.3 is 15.4 Å². The van der Waals surface area contributed by atoms with Gasteiger partial charge in [-0.15, -0.1) is 0 Å². The number of urea groups is 1. The summed E-state index contributed by atoms with van der Waals surface area (Å²) in [4.78, 5) is 12.1. The van der Waals surface area contributed by atoms with Crippen LogP contribution in [0.5, 0.6) is 5.75 Å². The fourth-order valence-corrected chi connectivity index (χ4v) is 4.70. The summed E-state index contributed by atoms with van der Waals surface area (Å²) < 4.78 is 28.2. The molecule has 7 heteroatoms. The molecule has 1 aliphatic rings. The molecule has 1 aliphatic heterocycles. The molecule has 1 aromatic rings. The highest BCUT2D eigenvalue weighted by atomic mass is 32.2. The molecule has 0 unspecified atom stereocenters. The molecule has 0 spiro atoms. The second kappa shape index (κ2) is 7.68. The Labute approximate surface area is 137 Å². The molecule has 0 aromatic heterocycles. The van der Waals surface area contributed by atoms with Crippen LogP contribution in [0.25, 0.3) is 0 Å². The lowest BCUT2D eigenvalue weighted by atomic mass is 10.0. The molecule has 6 nitrogen and oxygen atoms in total. The van der Waals surface area contributed by atoms with Crippen LogP contribution >= 0.6 is 0 Å². The number of carbonyl (C=O) groups is 1. The fraction of sp³-hybridized carbons (Fsp3) is 0.562. The number of hydrogen-bond donors (Lipinski definition) is 2. The van der Waals surface area contributed by atoms with Crippen molar-refractivity contribution in [2.45, 2.75) is 25.8 Å². The second-order valence-corrected chi connectivity index (χ2v) is 8.05. The molecule has 1 saturated heterocycles. The van der Waals surface area contributed by atoms with Crippen LogP contribution in [0.3, 0.4) is 0 Å². The van der Waals surface area contributed by atoms with Crippen molar-refractivity contribution < 1.29 is 17.9 Å². The Hall–Kier alpha value is -1.76. The number of para-hydroxylation sites is 1. The van der Waals surface area contributed by atoms with Gasteiger partial charge in [-0.05, 0) is 24.8 Å². The van der Waals surface area contributed by atoms with E-state index < -0.39 is 9.84 Å². The molecule has 0 aliphatic carbocycles. The van der Waals surface area contributed by atoms with E-state index >= 15 is 0 Å². The van der Waals surface area contributed by atoms with E-state index in [2.05, 4.69) is 10.6 Å². The van der Waals surface area contributed by atoms with Gasteiger partial charge in [0.05, 0.1) is 24.7 Å². The number of hydrogen-bond acceptors (Lipinski definition) is 4. The van der Waals surface area contributed by atoms with E-state index in [4.69, 9.17) is 4.74 Å². The summed E-state index contributed by atoms with van der Waals surface area (Å²) in [5.74, 6) is 1.13. The van der Waals surface area contributed by atoms with Crippen molar-refractivity contribution in [3.63, 3.8) is 0 Å². The molecule has 2 N–H and O–H groups in total. The highest BCUT2D eigenvalue weighted by molar-refractivity contribution is 7.91. The lowest BCUT2D eigenvalue weighted by molar-refractivity contribution is 0.235. The SMILES string of the molecule is CC[C@H](NC(=O)NC[C@H]1CCS(=O)(=O)C1)c1ccccc1OC. The van der Waals surface area contributed by atoms with E-state index in [1.165, 1.54) is 0 Å². The van der Waals surface area contributed by atoms with Crippen molar-refractivity contribution in [2.24, 2.45) is 5.92 Å². The third-order valence-electron chi connectivity index (χ3n) is 4.11. The predicted octanol–water partition coefficient (Wildman–Crippen LogP) is 1.88. The summed E-state index contributed by atoms with van der Waals surface area (Å²) in [6.07, 6.45) is 1.35. The zero-order valence-electron chi connectivity index (χ0n) is 13.5. The van der Waals surface area contributed by atoms with Crippen molar-refractivity contribution in [2.75, 3.05) is 25.2 Å². The summed E-state index contributed by atoms with van der Waals surface area (Å²) >= 11 is 0. The van der Waals surface area contributed by atoms with Crippen molar-refractivity contribution in [3.8, 4) is 5.75 Å². The van der Waals surface area contributed by atoms with Crippen LogP contribution in [-0.2, 0) is 9.84 Å². The zero-order valence-corrected chi connectivity index (χ0v) is 14.4. The van der Waals surface area contributed by atoms with E-state index in [0.717, 1.165) is 17.7 Å². The maximum atomic E-state index is 12.1. The highest BCUT2D eigenvalue weighted by Gasteiger charge is 2.28. The fourth-order valence-electron chi connectivity index (χ4n) is 2.83. The summed E-state index contributed by atoms with van der Waals surface area (Å²) in [5.41, 5.74) is 0.927. The van der Waals surface area contributed by atoms with Gasteiger partial charge in [0.25, 0.3) is 0 Å². The lowest BCUT2D eigenvalue weighted by Gasteiger charge is -2.20. The van der Waals surface area contributed by atoms with E-state index in [1.54, 1.807) is 7.11 Å². The average Bonchev–Trinajstić information content (AvgIpc) is 2.89. The van der Waals surface area contributed by atoms with Crippen LogP contribution in [0.1, 0.15) is 31.4 Å². The summed E-state index contributed by atoms with van der Waals surface area (Å²) in [7, 11) is -1.31. The first-order valence-electron chi connectivity index (χ1n) is 7.83. The van der Waals surface area contributed by atoms with Crippen LogP contribution in [0, 0.1) is 5.92 Å². The molecular formula is C16H24N2O4S. The molecule has 2 atom stereocenters. The van der Waals surface area contributed by atoms with Gasteiger partial charge in [-0.2, -0.15) is 0 Å². The van der Waals surface area contributed by atoms with Crippen LogP contribution < -0.4 is 15.4 Å². The Balaban J connectivity index is 1.90. The Bertz CT molecular complexity index is 645.